The molecule has 0 bridgehead atoms. The third-order valence-corrected chi connectivity index (χ3v) is 5.38. The van der Waals surface area contributed by atoms with Gasteiger partial charge in [-0.15, -0.1) is 0 Å². The lowest BCUT2D eigenvalue weighted by molar-refractivity contribution is 0.0117. The van der Waals surface area contributed by atoms with E-state index in [4.69, 9.17) is 13.9 Å². The minimum absolute atomic E-state index is 0.0287. The second kappa shape index (κ2) is 9.39. The van der Waals surface area contributed by atoms with Crippen molar-refractivity contribution in [2.24, 2.45) is 0 Å². The Kier molecular flexibility index (Phi) is 6.43. The second-order valence-electron chi connectivity index (χ2n) is 7.32. The maximum absolute atomic E-state index is 12.8. The van der Waals surface area contributed by atoms with Crippen LogP contribution in [-0.2, 0) is 9.47 Å². The summed E-state index contributed by atoms with van der Waals surface area (Å²) in [5.74, 6) is 1.55. The number of amides is 1. The Labute approximate surface area is 170 Å². The van der Waals surface area contributed by atoms with E-state index in [0.717, 1.165) is 43.4 Å². The molecule has 8 heteroatoms. The first-order valence-electron chi connectivity index (χ1n) is 10.2. The molecule has 1 amide bonds. The number of nitrogens with zero attached hydrogens (tertiary/aromatic N) is 3. The molecule has 0 radical (unpaired) electrons. The maximum Gasteiger partial charge on any atom is 0.270 e. The zero-order chi connectivity index (χ0) is 20.1. The monoisotopic (exact) mass is 400 g/mol. The van der Waals surface area contributed by atoms with E-state index in [2.05, 4.69) is 20.1 Å². The van der Waals surface area contributed by atoms with Crippen LogP contribution in [0.2, 0.25) is 0 Å². The zero-order valence-electron chi connectivity index (χ0n) is 16.8. The van der Waals surface area contributed by atoms with Crippen molar-refractivity contribution in [3.8, 4) is 0 Å². The SMILES string of the molecule is Cc1ccc(C(CNC(=O)c2cc(N3CCOCC3)ccn2)N2CCOCC2)o1. The van der Waals surface area contributed by atoms with E-state index >= 15 is 0 Å². The van der Waals surface area contributed by atoms with Crippen LogP contribution in [0.15, 0.2) is 34.9 Å². The number of hydrogen-bond donors (Lipinski definition) is 1. The highest BCUT2D eigenvalue weighted by Gasteiger charge is 2.26. The van der Waals surface area contributed by atoms with Crippen LogP contribution in [0.1, 0.15) is 28.1 Å². The third-order valence-electron chi connectivity index (χ3n) is 5.38. The van der Waals surface area contributed by atoms with E-state index in [1.807, 2.05) is 31.2 Å². The fourth-order valence-electron chi connectivity index (χ4n) is 3.77. The summed E-state index contributed by atoms with van der Waals surface area (Å²) in [7, 11) is 0. The van der Waals surface area contributed by atoms with Crippen LogP contribution in [0, 0.1) is 6.92 Å². The van der Waals surface area contributed by atoms with Crippen molar-refractivity contribution in [1.82, 2.24) is 15.2 Å². The Hall–Kier alpha value is -2.42. The second-order valence-corrected chi connectivity index (χ2v) is 7.32. The van der Waals surface area contributed by atoms with E-state index in [1.54, 1.807) is 6.20 Å². The molecule has 2 aliphatic heterocycles. The number of aryl methyl sites for hydroxylation is 1. The highest BCUT2D eigenvalue weighted by molar-refractivity contribution is 5.93. The molecular weight excluding hydrogens is 372 g/mol. The van der Waals surface area contributed by atoms with E-state index in [-0.39, 0.29) is 11.9 Å². The number of carbonyl (C=O) groups excluding carboxylic acids is 1. The Morgan fingerprint density at radius 1 is 1.10 bits per heavy atom. The first-order chi connectivity index (χ1) is 14.2. The fraction of sp³-hybridized carbons (Fsp3) is 0.524. The average molecular weight is 400 g/mol. The van der Waals surface area contributed by atoms with Crippen LogP contribution in [0.25, 0.3) is 0 Å². The normalized spacial score (nSPS) is 19.1. The number of nitrogens with one attached hydrogen (secondary N) is 1. The number of hydrogen-bond acceptors (Lipinski definition) is 7. The van der Waals surface area contributed by atoms with Gasteiger partial charge in [0, 0.05) is 44.6 Å². The van der Waals surface area contributed by atoms with Gasteiger partial charge in [0.05, 0.1) is 32.5 Å². The quantitative estimate of drug-likeness (QED) is 0.789. The number of anilines is 1. The van der Waals surface area contributed by atoms with Crippen LogP contribution in [0.4, 0.5) is 5.69 Å². The van der Waals surface area contributed by atoms with Gasteiger partial charge in [0.2, 0.25) is 0 Å². The minimum atomic E-state index is -0.179. The van der Waals surface area contributed by atoms with Crippen molar-refractivity contribution >= 4 is 11.6 Å². The molecule has 2 aromatic heterocycles. The smallest absolute Gasteiger partial charge is 0.270 e. The Balaban J connectivity index is 1.43. The molecule has 4 rings (SSSR count). The summed E-state index contributed by atoms with van der Waals surface area (Å²) in [6, 6.07) is 7.70. The minimum Gasteiger partial charge on any atom is -0.465 e. The van der Waals surface area contributed by atoms with Crippen LogP contribution in [0.5, 0.6) is 0 Å². The third kappa shape index (κ3) is 4.95. The Morgan fingerprint density at radius 3 is 2.52 bits per heavy atom. The van der Waals surface area contributed by atoms with Gasteiger partial charge in [-0.2, -0.15) is 0 Å². The lowest BCUT2D eigenvalue weighted by Crippen LogP contribution is -2.43. The first-order valence-corrected chi connectivity index (χ1v) is 10.2. The molecule has 2 aromatic rings. The van der Waals surface area contributed by atoms with Gasteiger partial charge in [0.25, 0.3) is 5.91 Å². The van der Waals surface area contributed by atoms with Crippen LogP contribution in [-0.4, -0.2) is 74.9 Å². The highest BCUT2D eigenvalue weighted by atomic mass is 16.5. The standard InChI is InChI=1S/C21H28N4O4/c1-16-2-3-20(29-16)19(25-8-12-28-13-9-25)15-23-21(26)18-14-17(4-5-22-18)24-6-10-27-11-7-24/h2-5,14,19H,6-13,15H2,1H3,(H,23,26). The Morgan fingerprint density at radius 2 is 1.83 bits per heavy atom. The van der Waals surface area contributed by atoms with Crippen LogP contribution < -0.4 is 10.2 Å². The molecule has 0 saturated carbocycles. The van der Waals surface area contributed by atoms with Crippen molar-refractivity contribution in [2.45, 2.75) is 13.0 Å². The van der Waals surface area contributed by atoms with E-state index in [1.165, 1.54) is 0 Å². The molecule has 29 heavy (non-hydrogen) atoms. The molecular formula is C21H28N4O4. The van der Waals surface area contributed by atoms with Gasteiger partial charge in [-0.05, 0) is 31.2 Å². The van der Waals surface area contributed by atoms with Gasteiger partial charge in [-0.1, -0.05) is 0 Å². The molecule has 1 unspecified atom stereocenters. The number of ether oxygens (including phenoxy) is 2. The van der Waals surface area contributed by atoms with Crippen molar-refractivity contribution in [3.63, 3.8) is 0 Å². The molecule has 2 fully saturated rings. The lowest BCUT2D eigenvalue weighted by atomic mass is 10.1. The molecule has 2 aliphatic rings. The number of carbonyl (C=O) groups is 1. The van der Waals surface area contributed by atoms with Crippen molar-refractivity contribution < 1.29 is 18.7 Å². The summed E-state index contributed by atoms with van der Waals surface area (Å²) in [6.45, 7) is 8.43. The summed E-state index contributed by atoms with van der Waals surface area (Å²) in [5.41, 5.74) is 1.42. The summed E-state index contributed by atoms with van der Waals surface area (Å²) in [4.78, 5) is 21.6. The number of aromatic nitrogens is 1. The van der Waals surface area contributed by atoms with Crippen molar-refractivity contribution in [2.75, 3.05) is 64.1 Å². The first kappa shape index (κ1) is 19.9. The van der Waals surface area contributed by atoms with E-state index in [0.29, 0.717) is 38.7 Å². The maximum atomic E-state index is 12.8. The predicted octanol–water partition coefficient (Wildman–Crippen LogP) is 1.62. The number of furan rings is 1. The van der Waals surface area contributed by atoms with Gasteiger partial charge in [-0.3, -0.25) is 14.7 Å². The van der Waals surface area contributed by atoms with Gasteiger partial charge in [0.15, 0.2) is 0 Å². The highest BCUT2D eigenvalue weighted by Crippen LogP contribution is 2.23. The van der Waals surface area contributed by atoms with Gasteiger partial charge in [-0.25, -0.2) is 0 Å². The fourth-order valence-corrected chi connectivity index (χ4v) is 3.77. The number of morpholine rings is 2. The molecule has 2 saturated heterocycles. The zero-order valence-corrected chi connectivity index (χ0v) is 16.8. The van der Waals surface area contributed by atoms with Gasteiger partial charge >= 0.3 is 0 Å². The van der Waals surface area contributed by atoms with Crippen molar-refractivity contribution in [1.29, 1.82) is 0 Å². The van der Waals surface area contributed by atoms with Gasteiger partial charge < -0.3 is 24.1 Å². The van der Waals surface area contributed by atoms with Gasteiger partial charge in [0.1, 0.15) is 17.2 Å². The molecule has 8 nitrogen and oxygen atoms in total. The van der Waals surface area contributed by atoms with Crippen LogP contribution in [0.3, 0.4) is 0 Å². The topological polar surface area (TPSA) is 80.1 Å². The Bertz CT molecular complexity index is 813. The lowest BCUT2D eigenvalue weighted by Gasteiger charge is -2.33. The number of rotatable bonds is 6. The van der Waals surface area contributed by atoms with Crippen LogP contribution >= 0.6 is 0 Å². The van der Waals surface area contributed by atoms with E-state index in [9.17, 15) is 4.79 Å². The summed E-state index contributed by atoms with van der Waals surface area (Å²) in [6.07, 6.45) is 1.69. The molecule has 1 N–H and O–H groups in total. The predicted molar refractivity (Wildman–Crippen MR) is 108 cm³/mol. The van der Waals surface area contributed by atoms with E-state index < -0.39 is 0 Å². The summed E-state index contributed by atoms with van der Waals surface area (Å²) >= 11 is 0. The number of pyridine rings is 1. The molecule has 0 aromatic carbocycles. The summed E-state index contributed by atoms with van der Waals surface area (Å²) in [5, 5.41) is 3.05. The summed E-state index contributed by atoms with van der Waals surface area (Å²) < 4.78 is 16.7. The largest absolute Gasteiger partial charge is 0.465 e. The molecule has 4 heterocycles. The molecule has 0 aliphatic carbocycles. The molecule has 1 atom stereocenters. The molecule has 156 valence electrons. The van der Waals surface area contributed by atoms with Crippen molar-refractivity contribution in [3.05, 3.63) is 47.7 Å². The molecule has 0 spiro atoms. The average Bonchev–Trinajstić information content (AvgIpc) is 3.21.